The fourth-order valence-electron chi connectivity index (χ4n) is 1.38. The normalized spacial score (nSPS) is 11.5. The van der Waals surface area contributed by atoms with Crippen LogP contribution >= 0.6 is 0 Å². The van der Waals surface area contributed by atoms with Crippen molar-refractivity contribution < 1.29 is 19.4 Å². The number of hydrogen-bond donors (Lipinski definition) is 1. The van der Waals surface area contributed by atoms with Crippen LogP contribution in [0.2, 0.25) is 0 Å². The van der Waals surface area contributed by atoms with Crippen LogP contribution < -0.4 is 5.32 Å². The van der Waals surface area contributed by atoms with Crippen LogP contribution in [0.5, 0.6) is 0 Å². The summed E-state index contributed by atoms with van der Waals surface area (Å²) < 4.78 is 4.47. The molecule has 0 aromatic heterocycles. The van der Waals surface area contributed by atoms with Crippen molar-refractivity contribution in [2.45, 2.75) is 13.0 Å². The predicted molar refractivity (Wildman–Crippen MR) is 64.9 cm³/mol. The Hall–Kier alpha value is -2.71. The van der Waals surface area contributed by atoms with Gasteiger partial charge >= 0.3 is 5.97 Å². The largest absolute Gasteiger partial charge is 0.467 e. The first-order chi connectivity index (χ1) is 8.86. The van der Waals surface area contributed by atoms with Gasteiger partial charge in [-0.25, -0.2) is 4.79 Å². The quantitative estimate of drug-likeness (QED) is 0.487. The Kier molecular flexibility index (Phi) is 4.35. The Morgan fingerprint density at radius 2 is 1.95 bits per heavy atom. The van der Waals surface area contributed by atoms with E-state index in [-0.39, 0.29) is 5.69 Å². The van der Waals surface area contributed by atoms with E-state index in [1.807, 2.05) is 0 Å². The maximum atomic E-state index is 11.2. The lowest BCUT2D eigenvalue weighted by molar-refractivity contribution is -0.393. The molecule has 102 valence electrons. The molecule has 0 spiro atoms. The van der Waals surface area contributed by atoms with Crippen LogP contribution in [-0.2, 0) is 9.53 Å². The van der Waals surface area contributed by atoms with Crippen LogP contribution in [0.3, 0.4) is 0 Å². The first kappa shape index (κ1) is 14.4. The average Bonchev–Trinajstić information content (AvgIpc) is 2.37. The van der Waals surface area contributed by atoms with E-state index in [9.17, 15) is 25.0 Å². The van der Waals surface area contributed by atoms with Gasteiger partial charge in [-0.3, -0.25) is 20.2 Å². The van der Waals surface area contributed by atoms with Gasteiger partial charge < -0.3 is 10.1 Å². The minimum Gasteiger partial charge on any atom is -0.467 e. The molecule has 0 aliphatic rings. The molecule has 0 radical (unpaired) electrons. The fraction of sp³-hybridized carbons (Fsp3) is 0.300. The molecule has 0 heterocycles. The summed E-state index contributed by atoms with van der Waals surface area (Å²) in [6.45, 7) is 1.46. The van der Waals surface area contributed by atoms with Gasteiger partial charge in [-0.1, -0.05) is 0 Å². The highest BCUT2D eigenvalue weighted by Crippen LogP contribution is 2.29. The topological polar surface area (TPSA) is 125 Å². The van der Waals surface area contributed by atoms with E-state index in [1.54, 1.807) is 0 Å². The van der Waals surface area contributed by atoms with Crippen LogP contribution in [0.25, 0.3) is 0 Å². The molecule has 19 heavy (non-hydrogen) atoms. The van der Waals surface area contributed by atoms with Crippen LogP contribution in [0.15, 0.2) is 18.2 Å². The van der Waals surface area contributed by atoms with E-state index >= 15 is 0 Å². The summed E-state index contributed by atoms with van der Waals surface area (Å²) >= 11 is 0. The highest BCUT2D eigenvalue weighted by molar-refractivity contribution is 5.80. The lowest BCUT2D eigenvalue weighted by atomic mass is 10.2. The number of esters is 1. The number of ether oxygens (including phenoxy) is 1. The van der Waals surface area contributed by atoms with E-state index < -0.39 is 33.2 Å². The van der Waals surface area contributed by atoms with E-state index in [1.165, 1.54) is 20.1 Å². The van der Waals surface area contributed by atoms with Crippen molar-refractivity contribution in [3.63, 3.8) is 0 Å². The summed E-state index contributed by atoms with van der Waals surface area (Å²) in [4.78, 5) is 31.1. The van der Waals surface area contributed by atoms with Gasteiger partial charge in [-0.05, 0) is 13.0 Å². The molecule has 1 aromatic carbocycles. The third-order valence-corrected chi connectivity index (χ3v) is 2.32. The van der Waals surface area contributed by atoms with Crippen molar-refractivity contribution >= 4 is 23.0 Å². The predicted octanol–water partition coefficient (Wildman–Crippen LogP) is 1.48. The van der Waals surface area contributed by atoms with Gasteiger partial charge in [-0.2, -0.15) is 0 Å². The monoisotopic (exact) mass is 269 g/mol. The molecule has 1 atom stereocenters. The van der Waals surface area contributed by atoms with E-state index in [2.05, 4.69) is 10.1 Å². The minimum atomic E-state index is -0.815. The van der Waals surface area contributed by atoms with Gasteiger partial charge in [0, 0.05) is 6.07 Å². The number of nitrogens with zero attached hydrogens (tertiary/aromatic N) is 2. The maximum absolute atomic E-state index is 11.2. The van der Waals surface area contributed by atoms with Crippen molar-refractivity contribution in [1.82, 2.24) is 0 Å². The Labute approximate surface area is 107 Å². The molecule has 0 unspecified atom stereocenters. The van der Waals surface area contributed by atoms with Crippen LogP contribution in [-0.4, -0.2) is 29.0 Å². The van der Waals surface area contributed by atoms with Crippen LogP contribution in [0.4, 0.5) is 17.1 Å². The number of methoxy groups -OCH3 is 1. The molecule has 1 rings (SSSR count). The standard InChI is InChI=1S/C10H11N3O6/c1-6(10(14)19-2)11-8-4-3-7(12(15)16)5-9(8)13(17)18/h3-6,11H,1-2H3/t6-/m0/s1. The number of hydrogen-bond acceptors (Lipinski definition) is 7. The van der Waals surface area contributed by atoms with E-state index in [0.29, 0.717) is 0 Å². The zero-order valence-electron chi connectivity index (χ0n) is 10.2. The Morgan fingerprint density at radius 1 is 1.32 bits per heavy atom. The van der Waals surface area contributed by atoms with E-state index in [4.69, 9.17) is 0 Å². The summed E-state index contributed by atoms with van der Waals surface area (Å²) in [6.07, 6.45) is 0. The number of benzene rings is 1. The number of carbonyl (C=O) groups is 1. The molecule has 0 saturated carbocycles. The Morgan fingerprint density at radius 3 is 2.42 bits per heavy atom. The summed E-state index contributed by atoms with van der Waals surface area (Å²) in [7, 11) is 1.19. The third-order valence-electron chi connectivity index (χ3n) is 2.32. The first-order valence-corrected chi connectivity index (χ1v) is 5.14. The summed E-state index contributed by atoms with van der Waals surface area (Å²) in [6, 6.07) is 2.30. The second-order valence-corrected chi connectivity index (χ2v) is 3.60. The van der Waals surface area contributed by atoms with Gasteiger partial charge in [0.25, 0.3) is 11.4 Å². The number of nitro groups is 2. The molecule has 0 aliphatic heterocycles. The third kappa shape index (κ3) is 3.37. The smallest absolute Gasteiger partial charge is 0.327 e. The minimum absolute atomic E-state index is 0.00787. The molecular formula is C10H11N3O6. The molecule has 0 saturated heterocycles. The van der Waals surface area contributed by atoms with E-state index in [0.717, 1.165) is 12.1 Å². The summed E-state index contributed by atoms with van der Waals surface area (Å²) in [5.74, 6) is -0.604. The zero-order chi connectivity index (χ0) is 14.6. The second kappa shape index (κ2) is 5.76. The lowest BCUT2D eigenvalue weighted by Crippen LogP contribution is -2.27. The fourth-order valence-corrected chi connectivity index (χ4v) is 1.38. The summed E-state index contributed by atoms with van der Waals surface area (Å²) in [5, 5.41) is 24.0. The number of carbonyl (C=O) groups excluding carboxylic acids is 1. The maximum Gasteiger partial charge on any atom is 0.327 e. The summed E-state index contributed by atoms with van der Waals surface area (Å²) in [5.41, 5.74) is -0.874. The van der Waals surface area contributed by atoms with Gasteiger partial charge in [0.2, 0.25) is 0 Å². The highest BCUT2D eigenvalue weighted by atomic mass is 16.6. The van der Waals surface area contributed by atoms with Crippen molar-refractivity contribution in [3.8, 4) is 0 Å². The molecule has 0 aliphatic carbocycles. The number of non-ortho nitro benzene ring substituents is 1. The molecular weight excluding hydrogens is 258 g/mol. The molecule has 9 nitrogen and oxygen atoms in total. The number of anilines is 1. The molecule has 9 heteroatoms. The molecule has 0 bridgehead atoms. The first-order valence-electron chi connectivity index (χ1n) is 5.14. The molecule has 0 fully saturated rings. The van der Waals surface area contributed by atoms with Gasteiger partial charge in [0.15, 0.2) is 0 Å². The average molecular weight is 269 g/mol. The van der Waals surface area contributed by atoms with Crippen molar-refractivity contribution in [1.29, 1.82) is 0 Å². The molecule has 1 aromatic rings. The Bertz CT molecular complexity index is 530. The lowest BCUT2D eigenvalue weighted by Gasteiger charge is -2.12. The Balaban J connectivity index is 3.10. The number of rotatable bonds is 5. The van der Waals surface area contributed by atoms with Crippen LogP contribution in [0, 0.1) is 20.2 Å². The van der Waals surface area contributed by atoms with Crippen molar-refractivity contribution in [3.05, 3.63) is 38.4 Å². The molecule has 0 amide bonds. The second-order valence-electron chi connectivity index (χ2n) is 3.60. The van der Waals surface area contributed by atoms with Crippen molar-refractivity contribution in [2.75, 3.05) is 12.4 Å². The van der Waals surface area contributed by atoms with Gasteiger partial charge in [-0.15, -0.1) is 0 Å². The van der Waals surface area contributed by atoms with Gasteiger partial charge in [0.1, 0.15) is 11.7 Å². The van der Waals surface area contributed by atoms with Crippen LogP contribution in [0.1, 0.15) is 6.92 Å². The highest BCUT2D eigenvalue weighted by Gasteiger charge is 2.22. The number of nitro benzene ring substituents is 2. The zero-order valence-corrected chi connectivity index (χ0v) is 10.2. The van der Waals surface area contributed by atoms with Gasteiger partial charge in [0.05, 0.1) is 23.0 Å². The SMILES string of the molecule is COC(=O)[C@H](C)Nc1ccc([N+](=O)[O-])cc1[N+](=O)[O-]. The molecule has 1 N–H and O–H groups in total. The van der Waals surface area contributed by atoms with Crippen molar-refractivity contribution in [2.24, 2.45) is 0 Å². The number of nitrogens with one attached hydrogen (secondary N) is 1.